The van der Waals surface area contributed by atoms with E-state index in [0.717, 1.165) is 25.5 Å². The van der Waals surface area contributed by atoms with Gasteiger partial charge in [-0.15, -0.1) is 0 Å². The van der Waals surface area contributed by atoms with Crippen LogP contribution in [0.3, 0.4) is 0 Å². The summed E-state index contributed by atoms with van der Waals surface area (Å²) in [5.41, 5.74) is 5.75. The largest absolute Gasteiger partial charge is 0.467 e. The molecule has 1 aromatic rings. The smallest absolute Gasteiger partial charge is 0.153 e. The highest BCUT2D eigenvalue weighted by Crippen LogP contribution is 2.03. The molecule has 1 unspecified atom stereocenters. The Balaban J connectivity index is 0.000000342. The number of hydrogen-bond donors (Lipinski definition) is 2. The molecule has 0 saturated carbocycles. The molecule has 108 valence electrons. The molecule has 1 atom stereocenters. The maximum atomic E-state index is 10.8. The lowest BCUT2D eigenvalue weighted by atomic mass is 10.1. The van der Waals surface area contributed by atoms with Crippen molar-refractivity contribution in [2.45, 2.75) is 45.7 Å². The molecule has 0 aliphatic carbocycles. The van der Waals surface area contributed by atoms with E-state index in [1.54, 1.807) is 13.0 Å². The van der Waals surface area contributed by atoms with Gasteiger partial charge < -0.3 is 15.5 Å². The van der Waals surface area contributed by atoms with E-state index in [4.69, 9.17) is 10.2 Å². The van der Waals surface area contributed by atoms with Crippen molar-refractivity contribution < 1.29 is 14.0 Å². The van der Waals surface area contributed by atoms with Crippen LogP contribution in [0.5, 0.6) is 0 Å². The number of Topliss-reactive ketones (excluding diaryl/α,β-unsaturated/α-hetero) is 1. The molecule has 1 heterocycles. The van der Waals surface area contributed by atoms with Crippen LogP contribution >= 0.6 is 0 Å². The molecule has 0 bridgehead atoms. The fourth-order valence-electron chi connectivity index (χ4n) is 1.53. The highest BCUT2D eigenvalue weighted by molar-refractivity contribution is 5.81. The van der Waals surface area contributed by atoms with Crippen molar-refractivity contribution in [3.8, 4) is 0 Å². The van der Waals surface area contributed by atoms with E-state index in [0.29, 0.717) is 17.9 Å². The summed E-state index contributed by atoms with van der Waals surface area (Å²) in [5.74, 6) is 0.882. The van der Waals surface area contributed by atoms with E-state index in [1.807, 2.05) is 7.05 Å². The first-order chi connectivity index (χ1) is 9.08. The van der Waals surface area contributed by atoms with Crippen molar-refractivity contribution in [1.29, 1.82) is 0 Å². The highest BCUT2D eigenvalue weighted by Gasteiger charge is 2.08. The van der Waals surface area contributed by atoms with Gasteiger partial charge in [0.1, 0.15) is 17.8 Å². The number of carbonyl (C=O) groups excluding carboxylic acids is 2. The summed E-state index contributed by atoms with van der Waals surface area (Å²) < 4.78 is 4.85. The van der Waals surface area contributed by atoms with Gasteiger partial charge in [-0.3, -0.25) is 9.59 Å². The third-order valence-electron chi connectivity index (χ3n) is 2.70. The van der Waals surface area contributed by atoms with Crippen LogP contribution in [0.4, 0.5) is 0 Å². The minimum absolute atomic E-state index is 0.0833. The van der Waals surface area contributed by atoms with E-state index in [2.05, 4.69) is 12.2 Å². The fourth-order valence-corrected chi connectivity index (χ4v) is 1.53. The zero-order chi connectivity index (χ0) is 14.7. The number of nitrogens with two attached hydrogens (primary N) is 1. The summed E-state index contributed by atoms with van der Waals surface area (Å²) in [6.07, 6.45) is 5.37. The van der Waals surface area contributed by atoms with Crippen LogP contribution in [-0.4, -0.2) is 25.2 Å². The molecule has 0 spiro atoms. The second kappa shape index (κ2) is 10.5. The Hall–Kier alpha value is -1.46. The molecular formula is C14H24N2O3. The Morgan fingerprint density at radius 3 is 2.58 bits per heavy atom. The molecule has 0 saturated heterocycles. The van der Waals surface area contributed by atoms with Crippen molar-refractivity contribution in [1.82, 2.24) is 5.32 Å². The van der Waals surface area contributed by atoms with E-state index < -0.39 is 0 Å². The van der Waals surface area contributed by atoms with Gasteiger partial charge >= 0.3 is 0 Å². The standard InChI is InChI=1S/C8H17NO.C6H7NO2/c1-4-5-6-8(9-3)7(2)10;7-2-6-1-5(3-8)4-9-6/h8-9H,4-6H2,1-3H3;1,3-4H,2,7H2. The maximum absolute atomic E-state index is 10.8. The average Bonchev–Trinajstić information content (AvgIpc) is 2.88. The molecule has 0 radical (unpaired) electrons. The molecule has 3 N–H and O–H groups in total. The van der Waals surface area contributed by atoms with Gasteiger partial charge in [-0.25, -0.2) is 0 Å². The van der Waals surface area contributed by atoms with Crippen molar-refractivity contribution in [3.05, 3.63) is 23.7 Å². The second-order valence-electron chi connectivity index (χ2n) is 4.26. The van der Waals surface area contributed by atoms with Gasteiger partial charge in [0, 0.05) is 0 Å². The van der Waals surface area contributed by atoms with Crippen LogP contribution in [0, 0.1) is 0 Å². The summed E-state index contributed by atoms with van der Waals surface area (Å²) in [6, 6.07) is 1.70. The lowest BCUT2D eigenvalue weighted by Gasteiger charge is -2.10. The summed E-state index contributed by atoms with van der Waals surface area (Å²) >= 11 is 0. The van der Waals surface area contributed by atoms with Crippen molar-refractivity contribution in [2.75, 3.05) is 7.05 Å². The molecule has 0 aliphatic heterocycles. The molecule has 19 heavy (non-hydrogen) atoms. The summed E-state index contributed by atoms with van der Waals surface area (Å²) in [4.78, 5) is 20.9. The summed E-state index contributed by atoms with van der Waals surface area (Å²) in [5, 5.41) is 2.99. The zero-order valence-corrected chi connectivity index (χ0v) is 11.9. The number of ketones is 1. The van der Waals surface area contributed by atoms with E-state index >= 15 is 0 Å². The average molecular weight is 268 g/mol. The number of carbonyl (C=O) groups is 2. The van der Waals surface area contributed by atoms with Crippen LogP contribution in [0.2, 0.25) is 0 Å². The fraction of sp³-hybridized carbons (Fsp3) is 0.571. The number of likely N-dealkylation sites (N-methyl/N-ethyl adjacent to an activating group) is 1. The monoisotopic (exact) mass is 268 g/mol. The molecule has 0 fully saturated rings. The summed E-state index contributed by atoms with van der Waals surface area (Å²) in [6.45, 7) is 4.11. The third-order valence-corrected chi connectivity index (χ3v) is 2.70. The molecule has 0 aromatic carbocycles. The Labute approximate surface area is 114 Å². The van der Waals surface area contributed by atoms with Crippen molar-refractivity contribution in [2.24, 2.45) is 5.73 Å². The lowest BCUT2D eigenvalue weighted by molar-refractivity contribution is -0.119. The van der Waals surface area contributed by atoms with Crippen LogP contribution < -0.4 is 11.1 Å². The number of nitrogens with one attached hydrogen (secondary N) is 1. The van der Waals surface area contributed by atoms with Gasteiger partial charge in [0.15, 0.2) is 6.29 Å². The third kappa shape index (κ3) is 7.54. The number of aldehydes is 1. The van der Waals surface area contributed by atoms with Gasteiger partial charge in [0.2, 0.25) is 0 Å². The van der Waals surface area contributed by atoms with E-state index in [-0.39, 0.29) is 11.8 Å². The van der Waals surface area contributed by atoms with Gasteiger partial charge in [-0.1, -0.05) is 19.8 Å². The van der Waals surface area contributed by atoms with Crippen molar-refractivity contribution >= 4 is 12.1 Å². The number of rotatable bonds is 7. The van der Waals surface area contributed by atoms with Crippen LogP contribution in [0.25, 0.3) is 0 Å². The van der Waals surface area contributed by atoms with Crippen LogP contribution in [-0.2, 0) is 11.3 Å². The van der Waals surface area contributed by atoms with Gasteiger partial charge in [0.25, 0.3) is 0 Å². The minimum atomic E-state index is 0.0833. The van der Waals surface area contributed by atoms with E-state index in [1.165, 1.54) is 6.26 Å². The Kier molecular flexibility index (Phi) is 9.66. The molecule has 0 amide bonds. The number of hydrogen-bond acceptors (Lipinski definition) is 5. The van der Waals surface area contributed by atoms with Crippen LogP contribution in [0.15, 0.2) is 16.7 Å². The highest BCUT2D eigenvalue weighted by atomic mass is 16.3. The van der Waals surface area contributed by atoms with E-state index in [9.17, 15) is 9.59 Å². The molecule has 5 heteroatoms. The van der Waals surface area contributed by atoms with Gasteiger partial charge in [-0.05, 0) is 26.5 Å². The first-order valence-corrected chi connectivity index (χ1v) is 6.49. The first-order valence-electron chi connectivity index (χ1n) is 6.49. The normalized spacial score (nSPS) is 11.4. The Morgan fingerprint density at radius 2 is 2.26 bits per heavy atom. The van der Waals surface area contributed by atoms with Gasteiger partial charge in [-0.2, -0.15) is 0 Å². The number of furan rings is 1. The molecule has 1 aromatic heterocycles. The van der Waals surface area contributed by atoms with Crippen molar-refractivity contribution in [3.63, 3.8) is 0 Å². The molecule has 5 nitrogen and oxygen atoms in total. The zero-order valence-electron chi connectivity index (χ0n) is 11.9. The predicted molar refractivity (Wildman–Crippen MR) is 75.0 cm³/mol. The maximum Gasteiger partial charge on any atom is 0.153 e. The molecular weight excluding hydrogens is 244 g/mol. The Bertz CT molecular complexity index is 375. The first kappa shape index (κ1) is 17.5. The van der Waals surface area contributed by atoms with Gasteiger partial charge in [0.05, 0.1) is 18.2 Å². The topological polar surface area (TPSA) is 85.3 Å². The SMILES string of the molecule is CCCCC(NC)C(C)=O.NCc1cc(C=O)co1. The predicted octanol–water partition coefficient (Wildman–Crippen LogP) is 1.90. The summed E-state index contributed by atoms with van der Waals surface area (Å²) in [7, 11) is 1.84. The molecule has 1 rings (SSSR count). The Morgan fingerprint density at radius 1 is 1.58 bits per heavy atom. The number of unbranched alkanes of at least 4 members (excludes halogenated alkanes) is 1. The second-order valence-corrected chi connectivity index (χ2v) is 4.26. The molecule has 0 aliphatic rings. The lowest BCUT2D eigenvalue weighted by Crippen LogP contribution is -2.31. The quantitative estimate of drug-likeness (QED) is 0.738. The minimum Gasteiger partial charge on any atom is -0.467 e. The van der Waals surface area contributed by atoms with Crippen LogP contribution in [0.1, 0.15) is 49.2 Å².